The van der Waals surface area contributed by atoms with E-state index in [4.69, 9.17) is 27.9 Å². The summed E-state index contributed by atoms with van der Waals surface area (Å²) in [6, 6.07) is 8.67. The van der Waals surface area contributed by atoms with Crippen LogP contribution in [0.1, 0.15) is 23.0 Å². The molecular formula is C24H19Cl2F2N5O4S. The number of nitrogens with zero attached hydrogens (tertiary/aromatic N) is 4. The average molecular weight is 582 g/mol. The number of carbonyl (C=O) groups excluding carboxylic acids is 1. The Morgan fingerprint density at radius 3 is 2.66 bits per heavy atom. The van der Waals surface area contributed by atoms with Gasteiger partial charge < -0.3 is 9.64 Å². The minimum absolute atomic E-state index is 0.0159. The number of rotatable bonds is 6. The van der Waals surface area contributed by atoms with Crippen molar-refractivity contribution in [3.8, 4) is 5.75 Å². The molecule has 1 aliphatic rings. The van der Waals surface area contributed by atoms with Gasteiger partial charge in [-0.25, -0.2) is 27.2 Å². The van der Waals surface area contributed by atoms with Crippen LogP contribution in [0.3, 0.4) is 0 Å². The fourth-order valence-corrected chi connectivity index (χ4v) is 5.23. The third-order valence-corrected chi connectivity index (χ3v) is 6.97. The maximum atomic E-state index is 15.2. The number of imidazole rings is 1. The molecule has 0 saturated heterocycles. The molecule has 198 valence electrons. The summed E-state index contributed by atoms with van der Waals surface area (Å²) in [7, 11) is -3.57. The fraction of sp³-hybridized carbons (Fsp3) is 0.208. The quantitative estimate of drug-likeness (QED) is 0.341. The average Bonchev–Trinajstić information content (AvgIpc) is 3.20. The van der Waals surface area contributed by atoms with Gasteiger partial charge in [0.15, 0.2) is 17.5 Å². The van der Waals surface area contributed by atoms with Crippen molar-refractivity contribution >= 4 is 50.6 Å². The van der Waals surface area contributed by atoms with Gasteiger partial charge in [-0.2, -0.15) is 0 Å². The van der Waals surface area contributed by atoms with Crippen LogP contribution >= 0.6 is 23.2 Å². The molecule has 1 atom stereocenters. The highest BCUT2D eigenvalue weighted by molar-refractivity contribution is 7.92. The number of halogens is 4. The van der Waals surface area contributed by atoms with E-state index in [1.165, 1.54) is 51.9 Å². The van der Waals surface area contributed by atoms with Crippen molar-refractivity contribution < 1.29 is 26.7 Å². The third kappa shape index (κ3) is 5.24. The SMILES string of the molecule is CS(=O)(=O)Nc1ccc(OCC(=O)N2CCc3nc4ccc(F)cn4c3C2c2ccc(Cl)cc2F)c(Cl)n1. The van der Waals surface area contributed by atoms with Gasteiger partial charge >= 0.3 is 0 Å². The number of benzene rings is 1. The summed E-state index contributed by atoms with van der Waals surface area (Å²) < 4.78 is 61.5. The summed E-state index contributed by atoms with van der Waals surface area (Å²) in [6.45, 7) is -0.288. The van der Waals surface area contributed by atoms with Crippen molar-refractivity contribution in [2.24, 2.45) is 0 Å². The lowest BCUT2D eigenvalue weighted by molar-refractivity contribution is -0.135. The van der Waals surface area contributed by atoms with E-state index in [1.54, 1.807) is 0 Å². The number of nitrogens with one attached hydrogen (secondary N) is 1. The van der Waals surface area contributed by atoms with Gasteiger partial charge in [0.25, 0.3) is 5.91 Å². The van der Waals surface area contributed by atoms with Crippen LogP contribution in [-0.4, -0.2) is 53.0 Å². The topological polar surface area (TPSA) is 106 Å². The maximum absolute atomic E-state index is 15.2. The molecule has 4 heterocycles. The molecule has 0 spiro atoms. The smallest absolute Gasteiger partial charge is 0.261 e. The van der Waals surface area contributed by atoms with E-state index in [1.807, 2.05) is 0 Å². The van der Waals surface area contributed by atoms with E-state index >= 15 is 4.39 Å². The van der Waals surface area contributed by atoms with Crippen molar-refractivity contribution in [3.63, 3.8) is 0 Å². The molecule has 5 rings (SSSR count). The summed E-state index contributed by atoms with van der Waals surface area (Å²) >= 11 is 12.1. The van der Waals surface area contributed by atoms with Gasteiger partial charge in [-0.05, 0) is 36.4 Å². The molecule has 9 nitrogen and oxygen atoms in total. The van der Waals surface area contributed by atoms with Crippen LogP contribution in [0, 0.1) is 11.6 Å². The van der Waals surface area contributed by atoms with Crippen LogP contribution in [-0.2, 0) is 21.2 Å². The van der Waals surface area contributed by atoms with Crippen LogP contribution in [0.2, 0.25) is 10.2 Å². The Morgan fingerprint density at radius 1 is 1.16 bits per heavy atom. The van der Waals surface area contributed by atoms with E-state index in [0.29, 0.717) is 23.5 Å². The maximum Gasteiger partial charge on any atom is 0.261 e. The molecule has 1 unspecified atom stereocenters. The first-order valence-electron chi connectivity index (χ1n) is 11.2. The molecule has 1 amide bonds. The molecule has 0 radical (unpaired) electrons. The molecule has 1 N–H and O–H groups in total. The van der Waals surface area contributed by atoms with Gasteiger partial charge in [0.2, 0.25) is 10.0 Å². The Balaban J connectivity index is 1.47. The Labute approximate surface area is 226 Å². The molecule has 14 heteroatoms. The van der Waals surface area contributed by atoms with E-state index in [0.717, 1.165) is 12.3 Å². The molecule has 4 aromatic rings. The molecule has 0 bridgehead atoms. The lowest BCUT2D eigenvalue weighted by atomic mass is 9.95. The van der Waals surface area contributed by atoms with Gasteiger partial charge in [-0.3, -0.25) is 13.9 Å². The first-order valence-corrected chi connectivity index (χ1v) is 13.8. The molecular weight excluding hydrogens is 563 g/mol. The van der Waals surface area contributed by atoms with Crippen LogP contribution < -0.4 is 9.46 Å². The van der Waals surface area contributed by atoms with Gasteiger partial charge in [-0.1, -0.05) is 29.3 Å². The van der Waals surface area contributed by atoms with Gasteiger partial charge in [0.05, 0.1) is 17.6 Å². The van der Waals surface area contributed by atoms with Gasteiger partial charge in [-0.15, -0.1) is 0 Å². The summed E-state index contributed by atoms with van der Waals surface area (Å²) in [5.74, 6) is -1.63. The molecule has 1 aliphatic heterocycles. The normalized spacial score (nSPS) is 15.4. The Kier molecular flexibility index (Phi) is 6.88. The van der Waals surface area contributed by atoms with E-state index in [9.17, 15) is 17.6 Å². The number of fused-ring (bicyclic) bond motifs is 3. The Morgan fingerprint density at radius 2 is 1.95 bits per heavy atom. The molecule has 0 saturated carbocycles. The second-order valence-electron chi connectivity index (χ2n) is 8.57. The highest BCUT2D eigenvalue weighted by Gasteiger charge is 2.37. The van der Waals surface area contributed by atoms with Crippen LogP contribution in [0.5, 0.6) is 5.75 Å². The minimum atomic E-state index is -3.57. The molecule has 3 aromatic heterocycles. The van der Waals surface area contributed by atoms with Gasteiger partial charge in [0.1, 0.15) is 29.1 Å². The van der Waals surface area contributed by atoms with Crippen molar-refractivity contribution in [1.29, 1.82) is 0 Å². The van der Waals surface area contributed by atoms with Crippen LogP contribution in [0.4, 0.5) is 14.6 Å². The number of hydrogen-bond donors (Lipinski definition) is 1. The Hall–Kier alpha value is -3.48. The standard InChI is InChI=1S/C24H19Cl2F2N5O4S/c1-38(35,36)31-19-6-5-18(24(26)30-19)37-12-21(34)32-9-8-17-23(33-11-14(27)3-7-20(33)29-17)22(32)15-4-2-13(25)10-16(15)28/h2-7,10-11,22H,8-9,12H2,1H3,(H,30,31). The first kappa shape index (κ1) is 26.1. The van der Waals surface area contributed by atoms with Crippen molar-refractivity contribution in [3.05, 3.63) is 87.4 Å². The zero-order valence-electron chi connectivity index (χ0n) is 19.7. The molecule has 1 aromatic carbocycles. The molecule has 0 fully saturated rings. The predicted molar refractivity (Wildman–Crippen MR) is 137 cm³/mol. The zero-order chi connectivity index (χ0) is 27.2. The first-order chi connectivity index (χ1) is 18.0. The lowest BCUT2D eigenvalue weighted by Crippen LogP contribution is -2.43. The fourth-order valence-electron chi connectivity index (χ4n) is 4.37. The number of hydrogen-bond acceptors (Lipinski definition) is 6. The van der Waals surface area contributed by atoms with E-state index in [-0.39, 0.29) is 33.9 Å². The number of carbonyl (C=O) groups is 1. The van der Waals surface area contributed by atoms with E-state index < -0.39 is 40.2 Å². The number of pyridine rings is 2. The van der Waals surface area contributed by atoms with Gasteiger partial charge in [0, 0.05) is 29.7 Å². The second-order valence-corrected chi connectivity index (χ2v) is 11.1. The number of sulfonamides is 1. The summed E-state index contributed by atoms with van der Waals surface area (Å²) in [4.78, 5) is 23.3. The Bertz CT molecular complexity index is 1680. The van der Waals surface area contributed by atoms with E-state index in [2.05, 4.69) is 14.7 Å². The highest BCUT2D eigenvalue weighted by Crippen LogP contribution is 2.38. The molecule has 38 heavy (non-hydrogen) atoms. The number of ether oxygens (including phenoxy) is 1. The summed E-state index contributed by atoms with van der Waals surface area (Å²) in [6.07, 6.45) is 2.56. The largest absolute Gasteiger partial charge is 0.481 e. The van der Waals surface area contributed by atoms with Crippen LogP contribution in [0.25, 0.3) is 5.65 Å². The molecule has 0 aliphatic carbocycles. The number of anilines is 1. The monoisotopic (exact) mass is 581 g/mol. The summed E-state index contributed by atoms with van der Waals surface area (Å²) in [5, 5.41) is 0.0218. The van der Waals surface area contributed by atoms with Crippen molar-refractivity contribution in [1.82, 2.24) is 19.3 Å². The van der Waals surface area contributed by atoms with Crippen LogP contribution in [0.15, 0.2) is 48.7 Å². The predicted octanol–water partition coefficient (Wildman–Crippen LogP) is 4.24. The van der Waals surface area contributed by atoms with Crippen molar-refractivity contribution in [2.45, 2.75) is 12.5 Å². The van der Waals surface area contributed by atoms with Crippen molar-refractivity contribution in [2.75, 3.05) is 24.1 Å². The zero-order valence-corrected chi connectivity index (χ0v) is 22.0. The number of amides is 1. The summed E-state index contributed by atoms with van der Waals surface area (Å²) in [5.41, 5.74) is 1.69. The highest BCUT2D eigenvalue weighted by atomic mass is 35.5. The third-order valence-electron chi connectivity index (χ3n) is 5.89. The second kappa shape index (κ2) is 10.0. The lowest BCUT2D eigenvalue weighted by Gasteiger charge is -2.36. The number of aromatic nitrogens is 3. The minimum Gasteiger partial charge on any atom is -0.481 e.